The number of thiocarbonyl (C=S) groups is 1. The molecule has 1 heterocycles. The monoisotopic (exact) mass is 314 g/mol. The Morgan fingerprint density at radius 1 is 1.29 bits per heavy atom. The van der Waals surface area contributed by atoms with Crippen LogP contribution in [0.4, 0.5) is 5.69 Å². The molecule has 0 fully saturated rings. The Hall–Kier alpha value is -1.52. The topological polar surface area (TPSA) is 29.3 Å². The highest BCUT2D eigenvalue weighted by atomic mass is 32.2. The van der Waals surface area contributed by atoms with Crippen molar-refractivity contribution >= 4 is 34.7 Å². The number of benzene rings is 2. The smallest absolute Gasteiger partial charge is 0.104 e. The summed E-state index contributed by atoms with van der Waals surface area (Å²) >= 11 is 7.03. The summed E-state index contributed by atoms with van der Waals surface area (Å²) < 4.78 is 0. The lowest BCUT2D eigenvalue weighted by atomic mass is 10.1. The van der Waals surface area contributed by atoms with Gasteiger partial charge in [-0.2, -0.15) is 0 Å². The predicted molar refractivity (Wildman–Crippen MR) is 95.4 cm³/mol. The van der Waals surface area contributed by atoms with Gasteiger partial charge in [-0.1, -0.05) is 42.5 Å². The summed E-state index contributed by atoms with van der Waals surface area (Å²) in [6.07, 6.45) is 1.14. The Balaban J connectivity index is 1.69. The molecule has 2 aromatic rings. The third kappa shape index (κ3) is 3.22. The van der Waals surface area contributed by atoms with Gasteiger partial charge in [-0.05, 0) is 30.2 Å². The Morgan fingerprint density at radius 2 is 2.10 bits per heavy atom. The maximum Gasteiger partial charge on any atom is 0.104 e. The van der Waals surface area contributed by atoms with Gasteiger partial charge < -0.3 is 10.6 Å². The van der Waals surface area contributed by atoms with Gasteiger partial charge in [-0.3, -0.25) is 0 Å². The van der Waals surface area contributed by atoms with Gasteiger partial charge in [0.05, 0.1) is 0 Å². The molecule has 2 N–H and O–H groups in total. The van der Waals surface area contributed by atoms with E-state index >= 15 is 0 Å². The van der Waals surface area contributed by atoms with E-state index in [-0.39, 0.29) is 0 Å². The molecule has 0 saturated carbocycles. The molecule has 108 valence electrons. The van der Waals surface area contributed by atoms with E-state index in [0.29, 0.717) is 10.2 Å². The van der Waals surface area contributed by atoms with Crippen molar-refractivity contribution in [2.24, 2.45) is 5.73 Å². The van der Waals surface area contributed by atoms with Gasteiger partial charge >= 0.3 is 0 Å². The average molecular weight is 314 g/mol. The number of hydrogen-bond donors (Lipinski definition) is 1. The maximum absolute atomic E-state index is 5.71. The van der Waals surface area contributed by atoms with Crippen molar-refractivity contribution in [3.63, 3.8) is 0 Å². The predicted octanol–water partition coefficient (Wildman–Crippen LogP) is 3.47. The van der Waals surface area contributed by atoms with Crippen LogP contribution in [0, 0.1) is 0 Å². The van der Waals surface area contributed by atoms with Crippen LogP contribution in [0.1, 0.15) is 11.1 Å². The van der Waals surface area contributed by atoms with E-state index in [1.165, 1.54) is 10.5 Å². The van der Waals surface area contributed by atoms with E-state index in [1.807, 2.05) is 23.9 Å². The first-order valence-corrected chi connectivity index (χ1v) is 8.28. The van der Waals surface area contributed by atoms with Gasteiger partial charge in [0.1, 0.15) is 4.99 Å². The normalized spacial score (nSPS) is 16.5. The molecular weight excluding hydrogens is 296 g/mol. The van der Waals surface area contributed by atoms with E-state index in [1.54, 1.807) is 0 Å². The summed E-state index contributed by atoms with van der Waals surface area (Å²) in [7, 11) is 2.13. The van der Waals surface area contributed by atoms with Crippen molar-refractivity contribution in [2.75, 3.05) is 18.5 Å². The molecule has 2 aromatic carbocycles. The lowest BCUT2D eigenvalue weighted by Crippen LogP contribution is -2.27. The average Bonchev–Trinajstić information content (AvgIpc) is 2.89. The Morgan fingerprint density at radius 3 is 2.86 bits per heavy atom. The molecule has 1 atom stereocenters. The van der Waals surface area contributed by atoms with Gasteiger partial charge in [0, 0.05) is 35.0 Å². The van der Waals surface area contributed by atoms with Crippen molar-refractivity contribution in [3.05, 3.63) is 59.7 Å². The lowest BCUT2D eigenvalue weighted by molar-refractivity contribution is 0.814. The second-order valence-electron chi connectivity index (χ2n) is 5.35. The third-order valence-corrected chi connectivity index (χ3v) is 5.30. The lowest BCUT2D eigenvalue weighted by Gasteiger charge is -2.23. The fourth-order valence-corrected chi connectivity index (χ4v) is 4.17. The van der Waals surface area contributed by atoms with Gasteiger partial charge in [-0.15, -0.1) is 11.8 Å². The number of anilines is 1. The van der Waals surface area contributed by atoms with Crippen LogP contribution in [0.5, 0.6) is 0 Å². The summed E-state index contributed by atoms with van der Waals surface area (Å²) in [4.78, 5) is 4.16. The van der Waals surface area contributed by atoms with Crippen LogP contribution in [0.2, 0.25) is 0 Å². The molecule has 0 bridgehead atoms. The summed E-state index contributed by atoms with van der Waals surface area (Å²) in [6, 6.07) is 16.8. The molecule has 0 saturated heterocycles. The Labute approximate surface area is 135 Å². The molecule has 4 heteroatoms. The first kappa shape index (κ1) is 14.4. The number of rotatable bonds is 4. The number of hydrogen-bond acceptors (Lipinski definition) is 3. The molecule has 1 unspecified atom stereocenters. The number of nitrogens with two attached hydrogens (primary N) is 1. The minimum Gasteiger partial charge on any atom is -0.389 e. The third-order valence-electron chi connectivity index (χ3n) is 3.76. The van der Waals surface area contributed by atoms with Crippen molar-refractivity contribution in [3.8, 4) is 0 Å². The number of fused-ring (bicyclic) bond motifs is 1. The molecule has 0 aliphatic carbocycles. The molecule has 0 radical (unpaired) electrons. The highest BCUT2D eigenvalue weighted by Crippen LogP contribution is 2.37. The van der Waals surface area contributed by atoms with Crippen molar-refractivity contribution in [1.29, 1.82) is 0 Å². The summed E-state index contributed by atoms with van der Waals surface area (Å²) in [5, 5.41) is 0.598. The molecule has 3 rings (SSSR count). The van der Waals surface area contributed by atoms with E-state index < -0.39 is 0 Å². The first-order chi connectivity index (χ1) is 10.1. The minimum absolute atomic E-state index is 0.452. The van der Waals surface area contributed by atoms with Crippen LogP contribution in [-0.4, -0.2) is 23.8 Å². The van der Waals surface area contributed by atoms with Gasteiger partial charge in [0.25, 0.3) is 0 Å². The summed E-state index contributed by atoms with van der Waals surface area (Å²) in [5.41, 5.74) is 9.27. The van der Waals surface area contributed by atoms with E-state index in [0.717, 1.165) is 24.2 Å². The van der Waals surface area contributed by atoms with Crippen LogP contribution in [0.25, 0.3) is 0 Å². The van der Waals surface area contributed by atoms with Crippen molar-refractivity contribution in [2.45, 2.75) is 16.6 Å². The van der Waals surface area contributed by atoms with Gasteiger partial charge in [0.2, 0.25) is 0 Å². The molecular formula is C17H18N2S2. The molecule has 1 aliphatic heterocycles. The second kappa shape index (κ2) is 6.08. The van der Waals surface area contributed by atoms with E-state index in [2.05, 4.69) is 48.3 Å². The fourth-order valence-electron chi connectivity index (χ4n) is 2.66. The maximum atomic E-state index is 5.71. The highest BCUT2D eigenvalue weighted by Gasteiger charge is 2.23. The summed E-state index contributed by atoms with van der Waals surface area (Å²) in [5.74, 6) is 0. The minimum atomic E-state index is 0.452. The zero-order valence-corrected chi connectivity index (χ0v) is 13.6. The van der Waals surface area contributed by atoms with Crippen LogP contribution >= 0.6 is 24.0 Å². The molecule has 21 heavy (non-hydrogen) atoms. The molecule has 0 aromatic heterocycles. The second-order valence-corrected chi connectivity index (χ2v) is 7.13. The van der Waals surface area contributed by atoms with Crippen LogP contribution < -0.4 is 10.6 Å². The van der Waals surface area contributed by atoms with Crippen LogP contribution in [-0.2, 0) is 6.42 Å². The van der Waals surface area contributed by atoms with Crippen LogP contribution in [0.3, 0.4) is 0 Å². The zero-order valence-electron chi connectivity index (χ0n) is 12.0. The molecule has 1 aliphatic rings. The molecule has 0 amide bonds. The largest absolute Gasteiger partial charge is 0.389 e. The number of nitrogens with zero attached hydrogens (tertiary/aromatic N) is 1. The SMILES string of the molecule is CN(CC1Cc2ccccc2S1)c1cccc(C(N)=S)c1. The quantitative estimate of drug-likeness (QED) is 0.875. The van der Waals surface area contributed by atoms with Gasteiger partial charge in [-0.25, -0.2) is 0 Å². The highest BCUT2D eigenvalue weighted by molar-refractivity contribution is 8.00. The van der Waals surface area contributed by atoms with E-state index in [9.17, 15) is 0 Å². The van der Waals surface area contributed by atoms with Crippen LogP contribution in [0.15, 0.2) is 53.4 Å². The van der Waals surface area contributed by atoms with Gasteiger partial charge in [0.15, 0.2) is 0 Å². The van der Waals surface area contributed by atoms with Crippen molar-refractivity contribution in [1.82, 2.24) is 0 Å². The molecule has 2 nitrogen and oxygen atoms in total. The molecule has 0 spiro atoms. The fraction of sp³-hybridized carbons (Fsp3) is 0.235. The number of thioether (sulfide) groups is 1. The first-order valence-electron chi connectivity index (χ1n) is 6.99. The summed E-state index contributed by atoms with van der Waals surface area (Å²) in [6.45, 7) is 1.01. The zero-order chi connectivity index (χ0) is 14.8. The Kier molecular flexibility index (Phi) is 4.17. The van der Waals surface area contributed by atoms with E-state index in [4.69, 9.17) is 18.0 Å². The standard InChI is InChI=1S/C17H18N2S2/c1-19(14-7-4-6-13(9-14)17(18)20)11-15-10-12-5-2-3-8-16(12)21-15/h2-9,15H,10-11H2,1H3,(H2,18,20). The Bertz CT molecular complexity index is 644. The van der Waals surface area contributed by atoms with Crippen molar-refractivity contribution < 1.29 is 0 Å².